The molecule has 0 amide bonds. The summed E-state index contributed by atoms with van der Waals surface area (Å²) < 4.78 is 31.9. The van der Waals surface area contributed by atoms with Crippen LogP contribution in [0.5, 0.6) is 5.75 Å². The van der Waals surface area contributed by atoms with Crippen LogP contribution in [-0.4, -0.2) is 31.9 Å². The van der Waals surface area contributed by atoms with E-state index in [1.807, 2.05) is 13.8 Å². The number of nitrogens with zero attached hydrogens (tertiary/aromatic N) is 1. The van der Waals surface area contributed by atoms with Crippen molar-refractivity contribution in [2.75, 3.05) is 19.4 Å². The smallest absolute Gasteiger partial charge is 0.243 e. The first-order chi connectivity index (χ1) is 8.79. The van der Waals surface area contributed by atoms with Gasteiger partial charge in [0.25, 0.3) is 0 Å². The Hall–Kier alpha value is -1.27. The Kier molecular flexibility index (Phi) is 3.49. The Morgan fingerprint density at radius 2 is 2.05 bits per heavy atom. The van der Waals surface area contributed by atoms with Crippen LogP contribution in [0.3, 0.4) is 0 Å². The standard InChI is InChI=1S/C13H20N2O3S/c1-13(2)7-4-8-15(13)19(16,17)10-5-6-12(18-3)11(14)9-10/h5-6,9H,4,7-8,14H2,1-3H3. The lowest BCUT2D eigenvalue weighted by atomic mass is 10.0. The summed E-state index contributed by atoms with van der Waals surface area (Å²) in [5, 5.41) is 0. The molecule has 1 aromatic carbocycles. The largest absolute Gasteiger partial charge is 0.495 e. The predicted molar refractivity (Wildman–Crippen MR) is 74.6 cm³/mol. The monoisotopic (exact) mass is 284 g/mol. The molecule has 5 nitrogen and oxygen atoms in total. The molecule has 1 aliphatic heterocycles. The molecule has 1 aliphatic rings. The van der Waals surface area contributed by atoms with Crippen LogP contribution in [0.2, 0.25) is 0 Å². The molecular weight excluding hydrogens is 264 g/mol. The van der Waals surface area contributed by atoms with E-state index in [4.69, 9.17) is 10.5 Å². The Morgan fingerprint density at radius 3 is 2.53 bits per heavy atom. The minimum atomic E-state index is -3.50. The summed E-state index contributed by atoms with van der Waals surface area (Å²) in [4.78, 5) is 0.223. The van der Waals surface area contributed by atoms with Crippen molar-refractivity contribution in [2.24, 2.45) is 0 Å². The topological polar surface area (TPSA) is 72.6 Å². The number of nitrogen functional groups attached to an aromatic ring is 1. The summed E-state index contributed by atoms with van der Waals surface area (Å²) >= 11 is 0. The van der Waals surface area contributed by atoms with E-state index in [9.17, 15) is 8.42 Å². The van der Waals surface area contributed by atoms with Gasteiger partial charge in [-0.2, -0.15) is 4.31 Å². The van der Waals surface area contributed by atoms with Crippen molar-refractivity contribution in [2.45, 2.75) is 37.1 Å². The lowest BCUT2D eigenvalue weighted by Gasteiger charge is -2.30. The Labute approximate surface area is 114 Å². The second-order valence-electron chi connectivity index (χ2n) is 5.40. The normalized spacial score (nSPS) is 19.5. The zero-order chi connectivity index (χ0) is 14.3. The number of ether oxygens (including phenoxy) is 1. The van der Waals surface area contributed by atoms with Crippen LogP contribution < -0.4 is 10.5 Å². The number of hydrogen-bond acceptors (Lipinski definition) is 4. The van der Waals surface area contributed by atoms with Crippen molar-refractivity contribution in [3.8, 4) is 5.75 Å². The van der Waals surface area contributed by atoms with Crippen LogP contribution in [0, 0.1) is 0 Å². The SMILES string of the molecule is COc1ccc(S(=O)(=O)N2CCCC2(C)C)cc1N. The molecule has 2 N–H and O–H groups in total. The number of sulfonamides is 1. The Balaban J connectivity index is 2.43. The molecule has 0 unspecified atom stereocenters. The molecule has 6 heteroatoms. The van der Waals surface area contributed by atoms with Gasteiger partial charge in [0, 0.05) is 12.1 Å². The average Bonchev–Trinajstić information content (AvgIpc) is 2.69. The van der Waals surface area contributed by atoms with E-state index in [0.717, 1.165) is 12.8 Å². The third-order valence-corrected chi connectivity index (χ3v) is 5.72. The van der Waals surface area contributed by atoms with E-state index in [-0.39, 0.29) is 10.4 Å². The highest BCUT2D eigenvalue weighted by atomic mass is 32.2. The summed E-state index contributed by atoms with van der Waals surface area (Å²) in [7, 11) is -1.99. The third-order valence-electron chi connectivity index (χ3n) is 3.61. The fraction of sp³-hybridized carbons (Fsp3) is 0.538. The maximum absolute atomic E-state index is 12.6. The predicted octanol–water partition coefficient (Wildman–Crippen LogP) is 1.84. The van der Waals surface area contributed by atoms with Crippen LogP contribution in [-0.2, 0) is 10.0 Å². The van der Waals surface area contributed by atoms with E-state index in [2.05, 4.69) is 0 Å². The van der Waals surface area contributed by atoms with Gasteiger partial charge in [-0.15, -0.1) is 0 Å². The van der Waals surface area contributed by atoms with Crippen molar-refractivity contribution < 1.29 is 13.2 Å². The summed E-state index contributed by atoms with van der Waals surface area (Å²) in [5.74, 6) is 0.486. The van der Waals surface area contributed by atoms with Crippen LogP contribution >= 0.6 is 0 Å². The molecule has 0 aromatic heterocycles. The lowest BCUT2D eigenvalue weighted by Crippen LogP contribution is -2.42. The van der Waals surface area contributed by atoms with E-state index < -0.39 is 10.0 Å². The number of benzene rings is 1. The van der Waals surface area contributed by atoms with Gasteiger partial charge >= 0.3 is 0 Å². The second kappa shape index (κ2) is 4.68. The van der Waals surface area contributed by atoms with E-state index >= 15 is 0 Å². The molecule has 2 rings (SSSR count). The molecule has 1 saturated heterocycles. The third kappa shape index (κ3) is 2.42. The van der Waals surface area contributed by atoms with Crippen molar-refractivity contribution in [3.05, 3.63) is 18.2 Å². The van der Waals surface area contributed by atoms with E-state index in [1.54, 1.807) is 16.4 Å². The molecule has 0 aliphatic carbocycles. The lowest BCUT2D eigenvalue weighted by molar-refractivity contribution is 0.291. The first-order valence-corrected chi connectivity index (χ1v) is 7.69. The molecule has 0 spiro atoms. The molecule has 0 radical (unpaired) electrons. The maximum Gasteiger partial charge on any atom is 0.243 e. The molecule has 19 heavy (non-hydrogen) atoms. The average molecular weight is 284 g/mol. The number of hydrogen-bond donors (Lipinski definition) is 1. The first-order valence-electron chi connectivity index (χ1n) is 6.25. The fourth-order valence-corrected chi connectivity index (χ4v) is 4.41. The van der Waals surface area contributed by atoms with Crippen molar-refractivity contribution >= 4 is 15.7 Å². The van der Waals surface area contributed by atoms with Gasteiger partial charge < -0.3 is 10.5 Å². The van der Waals surface area contributed by atoms with Crippen LogP contribution in [0.15, 0.2) is 23.1 Å². The number of anilines is 1. The number of rotatable bonds is 3. The summed E-state index contributed by atoms with van der Waals surface area (Å²) in [6.45, 7) is 4.45. The molecule has 0 bridgehead atoms. The fourth-order valence-electron chi connectivity index (χ4n) is 2.53. The molecule has 0 saturated carbocycles. The van der Waals surface area contributed by atoms with Gasteiger partial charge in [-0.3, -0.25) is 0 Å². The van der Waals surface area contributed by atoms with Crippen LogP contribution in [0.1, 0.15) is 26.7 Å². The van der Waals surface area contributed by atoms with Gasteiger partial charge in [0.1, 0.15) is 5.75 Å². The van der Waals surface area contributed by atoms with Crippen LogP contribution in [0.4, 0.5) is 5.69 Å². The highest BCUT2D eigenvalue weighted by molar-refractivity contribution is 7.89. The Morgan fingerprint density at radius 1 is 1.37 bits per heavy atom. The van der Waals surface area contributed by atoms with Crippen molar-refractivity contribution in [3.63, 3.8) is 0 Å². The maximum atomic E-state index is 12.6. The molecule has 106 valence electrons. The van der Waals surface area contributed by atoms with Gasteiger partial charge in [0.05, 0.1) is 17.7 Å². The highest BCUT2D eigenvalue weighted by Crippen LogP contribution is 2.35. The van der Waals surface area contributed by atoms with Crippen LogP contribution in [0.25, 0.3) is 0 Å². The number of nitrogens with two attached hydrogens (primary N) is 1. The molecular formula is C13H20N2O3S. The summed E-state index contributed by atoms with van der Waals surface area (Å²) in [6, 6.07) is 4.59. The minimum absolute atomic E-state index is 0.223. The van der Waals surface area contributed by atoms with Gasteiger partial charge in [0.15, 0.2) is 0 Å². The van der Waals surface area contributed by atoms with Gasteiger partial charge in [-0.05, 0) is 44.9 Å². The first kappa shape index (κ1) is 14.1. The molecule has 0 atom stereocenters. The molecule has 1 fully saturated rings. The molecule has 1 aromatic rings. The summed E-state index contributed by atoms with van der Waals surface area (Å²) in [5.41, 5.74) is 5.78. The van der Waals surface area contributed by atoms with Gasteiger partial charge in [0.2, 0.25) is 10.0 Å². The summed E-state index contributed by atoms with van der Waals surface area (Å²) in [6.07, 6.45) is 1.76. The van der Waals surface area contributed by atoms with Gasteiger partial charge in [-0.25, -0.2) is 8.42 Å². The van der Waals surface area contributed by atoms with E-state index in [0.29, 0.717) is 18.0 Å². The highest BCUT2D eigenvalue weighted by Gasteiger charge is 2.40. The minimum Gasteiger partial charge on any atom is -0.495 e. The second-order valence-corrected chi connectivity index (χ2v) is 7.26. The number of methoxy groups -OCH3 is 1. The van der Waals surface area contributed by atoms with Crippen molar-refractivity contribution in [1.82, 2.24) is 4.31 Å². The zero-order valence-electron chi connectivity index (χ0n) is 11.5. The van der Waals surface area contributed by atoms with Gasteiger partial charge in [-0.1, -0.05) is 0 Å². The quantitative estimate of drug-likeness (QED) is 0.860. The van der Waals surface area contributed by atoms with E-state index in [1.165, 1.54) is 13.2 Å². The zero-order valence-corrected chi connectivity index (χ0v) is 12.3. The molecule has 1 heterocycles. The Bertz CT molecular complexity index is 582. The van der Waals surface area contributed by atoms with Crippen molar-refractivity contribution in [1.29, 1.82) is 0 Å².